The molecule has 0 aliphatic heterocycles. The molecule has 0 spiro atoms. The van der Waals surface area contributed by atoms with Gasteiger partial charge in [-0.2, -0.15) is 0 Å². The maximum absolute atomic E-state index is 5.72. The van der Waals surface area contributed by atoms with Gasteiger partial charge in [0.15, 0.2) is 11.6 Å². The van der Waals surface area contributed by atoms with Crippen molar-refractivity contribution in [2.45, 2.75) is 31.1 Å². The molecule has 2 aromatic rings. The van der Waals surface area contributed by atoms with Crippen LogP contribution in [-0.4, -0.2) is 19.4 Å². The summed E-state index contributed by atoms with van der Waals surface area (Å²) < 4.78 is 16.7. The largest absolute Gasteiger partial charge is 0.496 e. The molecule has 21 heavy (non-hydrogen) atoms. The lowest BCUT2D eigenvalue weighted by Crippen LogP contribution is -2.05. The lowest BCUT2D eigenvalue weighted by Gasteiger charge is -2.22. The monoisotopic (exact) mass is 286 g/mol. The molecule has 1 aromatic carbocycles. The molecule has 4 rings (SSSR count). The van der Waals surface area contributed by atoms with E-state index in [1.165, 1.54) is 30.4 Å². The van der Waals surface area contributed by atoms with Crippen molar-refractivity contribution in [1.82, 2.24) is 5.16 Å². The molecule has 5 heteroatoms. The lowest BCUT2D eigenvalue weighted by molar-refractivity contribution is 0.387. The summed E-state index contributed by atoms with van der Waals surface area (Å²) in [6.07, 6.45) is 3.66. The third kappa shape index (κ3) is 1.66. The molecule has 2 aliphatic carbocycles. The number of ether oxygens (including phenoxy) is 2. The maximum atomic E-state index is 5.72. The van der Waals surface area contributed by atoms with Crippen molar-refractivity contribution in [3.05, 3.63) is 23.3 Å². The van der Waals surface area contributed by atoms with E-state index in [1.807, 2.05) is 6.07 Å². The van der Waals surface area contributed by atoms with Crippen LogP contribution in [-0.2, 0) is 0 Å². The molecule has 2 bridgehead atoms. The number of anilines is 1. The van der Waals surface area contributed by atoms with Gasteiger partial charge in [-0.3, -0.25) is 0 Å². The van der Waals surface area contributed by atoms with Crippen LogP contribution in [0.1, 0.15) is 42.2 Å². The Labute approximate surface area is 123 Å². The highest BCUT2D eigenvalue weighted by Crippen LogP contribution is 2.60. The van der Waals surface area contributed by atoms with E-state index < -0.39 is 0 Å². The third-order valence-corrected chi connectivity index (χ3v) is 4.79. The molecule has 2 unspecified atom stereocenters. The number of benzene rings is 1. The predicted molar refractivity (Wildman–Crippen MR) is 78.8 cm³/mol. The zero-order chi connectivity index (χ0) is 14.6. The van der Waals surface area contributed by atoms with Gasteiger partial charge in [-0.05, 0) is 37.2 Å². The Kier molecular flexibility index (Phi) is 2.64. The van der Waals surface area contributed by atoms with E-state index in [0.717, 1.165) is 17.1 Å². The highest BCUT2D eigenvalue weighted by atomic mass is 16.5. The summed E-state index contributed by atoms with van der Waals surface area (Å²) >= 11 is 0. The van der Waals surface area contributed by atoms with Gasteiger partial charge in [-0.15, -0.1) is 0 Å². The number of nitrogen functional groups attached to an aromatic ring is 1. The number of rotatable bonds is 3. The van der Waals surface area contributed by atoms with Crippen LogP contribution in [0, 0.1) is 0 Å². The minimum absolute atomic E-state index is 0.369. The molecule has 5 nitrogen and oxygen atoms in total. The molecule has 0 saturated heterocycles. The van der Waals surface area contributed by atoms with Crippen molar-refractivity contribution >= 4 is 5.82 Å². The summed E-state index contributed by atoms with van der Waals surface area (Å²) in [5.74, 6) is 3.95. The molecule has 2 aliphatic rings. The SMILES string of the molecule is COc1cc(-c2cc(N)no2)c(OC)c2c1C1CCC2C1. The van der Waals surface area contributed by atoms with Gasteiger partial charge >= 0.3 is 0 Å². The average Bonchev–Trinajstić information content (AvgIpc) is 3.21. The first-order valence-electron chi connectivity index (χ1n) is 7.24. The first kappa shape index (κ1) is 12.6. The van der Waals surface area contributed by atoms with E-state index in [2.05, 4.69) is 5.16 Å². The van der Waals surface area contributed by atoms with Gasteiger partial charge in [0.05, 0.1) is 19.8 Å². The number of nitrogens with zero attached hydrogens (tertiary/aromatic N) is 1. The van der Waals surface area contributed by atoms with Crippen molar-refractivity contribution in [2.75, 3.05) is 20.0 Å². The van der Waals surface area contributed by atoms with E-state index in [9.17, 15) is 0 Å². The summed E-state index contributed by atoms with van der Waals surface area (Å²) in [6.45, 7) is 0. The van der Waals surface area contributed by atoms with E-state index >= 15 is 0 Å². The Bertz CT molecular complexity index is 708. The van der Waals surface area contributed by atoms with Crippen LogP contribution in [0.4, 0.5) is 5.82 Å². The van der Waals surface area contributed by atoms with Crippen LogP contribution in [0.5, 0.6) is 11.5 Å². The van der Waals surface area contributed by atoms with Crippen LogP contribution in [0.25, 0.3) is 11.3 Å². The molecule has 110 valence electrons. The van der Waals surface area contributed by atoms with Crippen LogP contribution in [0.3, 0.4) is 0 Å². The van der Waals surface area contributed by atoms with Crippen molar-refractivity contribution in [3.8, 4) is 22.8 Å². The Balaban J connectivity index is 1.98. The number of methoxy groups -OCH3 is 2. The van der Waals surface area contributed by atoms with Gasteiger partial charge in [0.25, 0.3) is 0 Å². The summed E-state index contributed by atoms with van der Waals surface area (Å²) in [5.41, 5.74) is 9.15. The number of aromatic nitrogens is 1. The highest BCUT2D eigenvalue weighted by molar-refractivity contribution is 5.75. The van der Waals surface area contributed by atoms with Crippen molar-refractivity contribution in [1.29, 1.82) is 0 Å². The smallest absolute Gasteiger partial charge is 0.172 e. The van der Waals surface area contributed by atoms with E-state index in [1.54, 1.807) is 20.3 Å². The fourth-order valence-corrected chi connectivity index (χ4v) is 3.99. The molecule has 0 amide bonds. The molecule has 1 heterocycles. The molecule has 1 fully saturated rings. The number of nitrogens with two attached hydrogens (primary N) is 1. The summed E-state index contributed by atoms with van der Waals surface area (Å²) in [5, 5.41) is 3.77. The van der Waals surface area contributed by atoms with E-state index in [4.69, 9.17) is 19.7 Å². The molecule has 2 N–H and O–H groups in total. The molecular formula is C16H18N2O3. The molecule has 2 atom stereocenters. The second kappa shape index (κ2) is 4.41. The van der Waals surface area contributed by atoms with Crippen LogP contribution < -0.4 is 15.2 Å². The number of fused-ring (bicyclic) bond motifs is 5. The predicted octanol–water partition coefficient (Wildman–Crippen LogP) is 3.31. The van der Waals surface area contributed by atoms with Gasteiger partial charge in [0.1, 0.15) is 11.5 Å². The number of hydrogen-bond acceptors (Lipinski definition) is 5. The average molecular weight is 286 g/mol. The standard InChI is InChI=1S/C16H18N2O3/c1-19-12-6-10(11-7-13(17)18-21-11)16(20-2)15-9-4-3-8(5-9)14(12)15/h6-9H,3-5H2,1-2H3,(H2,17,18). The normalized spacial score (nSPS) is 22.4. The van der Waals surface area contributed by atoms with Crippen LogP contribution in [0.2, 0.25) is 0 Å². The lowest BCUT2D eigenvalue weighted by atomic mass is 9.88. The quantitative estimate of drug-likeness (QED) is 0.937. The molecular weight excluding hydrogens is 268 g/mol. The molecule has 1 aromatic heterocycles. The highest BCUT2D eigenvalue weighted by Gasteiger charge is 2.42. The number of hydrogen-bond donors (Lipinski definition) is 1. The summed E-state index contributed by atoms with van der Waals surface area (Å²) in [7, 11) is 3.42. The fraction of sp³-hybridized carbons (Fsp3) is 0.438. The maximum Gasteiger partial charge on any atom is 0.172 e. The van der Waals surface area contributed by atoms with Crippen LogP contribution >= 0.6 is 0 Å². The van der Waals surface area contributed by atoms with Gasteiger partial charge in [0.2, 0.25) is 0 Å². The first-order chi connectivity index (χ1) is 10.2. The minimum atomic E-state index is 0.369. The first-order valence-corrected chi connectivity index (χ1v) is 7.24. The molecule has 0 radical (unpaired) electrons. The van der Waals surface area contributed by atoms with Crippen molar-refractivity contribution in [3.63, 3.8) is 0 Å². The molecule has 1 saturated carbocycles. The Morgan fingerprint density at radius 2 is 1.90 bits per heavy atom. The van der Waals surface area contributed by atoms with E-state index in [-0.39, 0.29) is 0 Å². The minimum Gasteiger partial charge on any atom is -0.496 e. The second-order valence-corrected chi connectivity index (χ2v) is 5.81. The van der Waals surface area contributed by atoms with Gasteiger partial charge < -0.3 is 19.7 Å². The Morgan fingerprint density at radius 3 is 2.52 bits per heavy atom. The van der Waals surface area contributed by atoms with E-state index in [0.29, 0.717) is 23.4 Å². The van der Waals surface area contributed by atoms with Crippen molar-refractivity contribution < 1.29 is 14.0 Å². The zero-order valence-corrected chi connectivity index (χ0v) is 12.2. The topological polar surface area (TPSA) is 70.5 Å². The van der Waals surface area contributed by atoms with Crippen molar-refractivity contribution in [2.24, 2.45) is 0 Å². The zero-order valence-electron chi connectivity index (χ0n) is 12.2. The second-order valence-electron chi connectivity index (χ2n) is 5.81. The third-order valence-electron chi connectivity index (χ3n) is 4.79. The van der Waals surface area contributed by atoms with Gasteiger partial charge in [0, 0.05) is 17.2 Å². The fourth-order valence-electron chi connectivity index (χ4n) is 3.99. The summed E-state index contributed by atoms with van der Waals surface area (Å²) in [6, 6.07) is 3.70. The summed E-state index contributed by atoms with van der Waals surface area (Å²) in [4.78, 5) is 0. The Hall–Kier alpha value is -2.17. The Morgan fingerprint density at radius 1 is 1.14 bits per heavy atom. The van der Waals surface area contributed by atoms with Gasteiger partial charge in [-0.25, -0.2) is 0 Å². The van der Waals surface area contributed by atoms with Gasteiger partial charge in [-0.1, -0.05) is 5.16 Å². The van der Waals surface area contributed by atoms with Crippen LogP contribution in [0.15, 0.2) is 16.7 Å².